The molecule has 0 amide bonds. The zero-order chi connectivity index (χ0) is 15.6. The maximum atomic E-state index is 14.0. The molecule has 1 unspecified atom stereocenters. The Morgan fingerprint density at radius 1 is 1.43 bits per heavy atom. The minimum Gasteiger partial charge on any atom is -0.395 e. The number of aliphatic hydroxyl groups is 1. The van der Waals surface area contributed by atoms with Gasteiger partial charge in [-0.1, -0.05) is 17.7 Å². The largest absolute Gasteiger partial charge is 0.395 e. The molecule has 0 aliphatic heterocycles. The number of pyridine rings is 1. The Kier molecular flexibility index (Phi) is 4.87. The van der Waals surface area contributed by atoms with E-state index in [1.807, 2.05) is 0 Å². The molecule has 0 radical (unpaired) electrons. The molecule has 1 heterocycles. The Morgan fingerprint density at radius 2 is 2.14 bits per heavy atom. The summed E-state index contributed by atoms with van der Waals surface area (Å²) in [5.74, 6) is -1.69. The molecule has 5 nitrogen and oxygen atoms in total. The molecule has 21 heavy (non-hydrogen) atoms. The third-order valence-corrected chi connectivity index (χ3v) is 3.70. The first-order valence-corrected chi connectivity index (χ1v) is 6.98. The highest BCUT2D eigenvalue weighted by Crippen LogP contribution is 2.35. The number of nitrogens with zero attached hydrogens (tertiary/aromatic N) is 2. The number of halogens is 3. The molecule has 2 rings (SSSR count). The maximum Gasteiger partial charge on any atom is 0.291 e. The molecular weight excluding hydrogens is 367 g/mol. The predicted molar refractivity (Wildman–Crippen MR) is 78.9 cm³/mol. The molecule has 0 saturated heterocycles. The van der Waals surface area contributed by atoms with E-state index < -0.39 is 23.3 Å². The first-order valence-electron chi connectivity index (χ1n) is 5.81. The third kappa shape index (κ3) is 3.20. The molecule has 0 aliphatic carbocycles. The van der Waals surface area contributed by atoms with Crippen LogP contribution in [0.25, 0.3) is 0 Å². The SMILES string of the molecule is O=[N+]([O-])c1ccc(Br)nc1C(CO)c1c(F)cccc1Cl. The minimum atomic E-state index is -1.03. The van der Waals surface area contributed by atoms with Crippen LogP contribution >= 0.6 is 27.5 Å². The lowest BCUT2D eigenvalue weighted by atomic mass is 9.94. The summed E-state index contributed by atoms with van der Waals surface area (Å²) in [7, 11) is 0. The van der Waals surface area contributed by atoms with Crippen LogP contribution in [0.4, 0.5) is 10.1 Å². The quantitative estimate of drug-likeness (QED) is 0.502. The average molecular weight is 376 g/mol. The van der Waals surface area contributed by atoms with Gasteiger partial charge in [-0.25, -0.2) is 9.37 Å². The van der Waals surface area contributed by atoms with E-state index in [-0.39, 0.29) is 22.0 Å². The van der Waals surface area contributed by atoms with E-state index in [4.69, 9.17) is 11.6 Å². The molecule has 1 N–H and O–H groups in total. The van der Waals surface area contributed by atoms with Crippen molar-refractivity contribution in [2.45, 2.75) is 5.92 Å². The summed E-state index contributed by atoms with van der Waals surface area (Å²) < 4.78 is 14.3. The fourth-order valence-corrected chi connectivity index (χ4v) is 2.63. The topological polar surface area (TPSA) is 76.3 Å². The summed E-state index contributed by atoms with van der Waals surface area (Å²) in [6, 6.07) is 6.68. The third-order valence-electron chi connectivity index (χ3n) is 2.93. The van der Waals surface area contributed by atoms with Gasteiger partial charge in [0.25, 0.3) is 5.69 Å². The number of aliphatic hydroxyl groups excluding tert-OH is 1. The molecular formula is C13H9BrClFN2O3. The first kappa shape index (κ1) is 15.8. The highest BCUT2D eigenvalue weighted by molar-refractivity contribution is 9.10. The summed E-state index contributed by atoms with van der Waals surface area (Å²) in [5, 5.41) is 20.7. The van der Waals surface area contributed by atoms with Gasteiger partial charge in [0, 0.05) is 16.7 Å². The van der Waals surface area contributed by atoms with Gasteiger partial charge >= 0.3 is 0 Å². The maximum absolute atomic E-state index is 14.0. The lowest BCUT2D eigenvalue weighted by molar-refractivity contribution is -0.386. The van der Waals surface area contributed by atoms with E-state index in [9.17, 15) is 19.6 Å². The molecule has 8 heteroatoms. The summed E-state index contributed by atoms with van der Waals surface area (Å²) in [5.41, 5.74) is -0.379. The van der Waals surface area contributed by atoms with Crippen LogP contribution in [0.5, 0.6) is 0 Å². The van der Waals surface area contributed by atoms with Gasteiger partial charge in [-0.2, -0.15) is 0 Å². The normalized spacial score (nSPS) is 12.2. The Balaban J connectivity index is 2.67. The van der Waals surface area contributed by atoms with E-state index >= 15 is 0 Å². The lowest BCUT2D eigenvalue weighted by Crippen LogP contribution is -2.13. The summed E-state index contributed by atoms with van der Waals surface area (Å²) >= 11 is 9.07. The van der Waals surface area contributed by atoms with Crippen LogP contribution in [-0.2, 0) is 0 Å². The van der Waals surface area contributed by atoms with E-state index in [0.29, 0.717) is 4.60 Å². The van der Waals surface area contributed by atoms with Crippen molar-refractivity contribution < 1.29 is 14.4 Å². The molecule has 0 bridgehead atoms. The smallest absolute Gasteiger partial charge is 0.291 e. The Morgan fingerprint density at radius 3 is 2.71 bits per heavy atom. The van der Waals surface area contributed by atoms with Crippen LogP contribution in [0.15, 0.2) is 34.9 Å². The van der Waals surface area contributed by atoms with Gasteiger partial charge in [0.1, 0.15) is 16.1 Å². The summed E-state index contributed by atoms with van der Waals surface area (Å²) in [6.45, 7) is -0.565. The number of nitro groups is 1. The Hall–Kier alpha value is -1.57. The van der Waals surface area contributed by atoms with Crippen molar-refractivity contribution >= 4 is 33.2 Å². The predicted octanol–water partition coefficient (Wildman–Crippen LogP) is 3.67. The van der Waals surface area contributed by atoms with Crippen molar-refractivity contribution in [1.82, 2.24) is 4.98 Å². The summed E-state index contributed by atoms with van der Waals surface area (Å²) in [4.78, 5) is 14.5. The Labute approximate surface area is 132 Å². The van der Waals surface area contributed by atoms with Crippen LogP contribution in [-0.4, -0.2) is 21.6 Å². The minimum absolute atomic E-state index is 0.0182. The molecule has 0 fully saturated rings. The molecule has 110 valence electrons. The van der Waals surface area contributed by atoms with E-state index in [0.717, 1.165) is 0 Å². The van der Waals surface area contributed by atoms with Crippen molar-refractivity contribution in [3.63, 3.8) is 0 Å². The fourth-order valence-electron chi connectivity index (χ4n) is 2.01. The fraction of sp³-hybridized carbons (Fsp3) is 0.154. The number of rotatable bonds is 4. The number of hydrogen-bond donors (Lipinski definition) is 1. The monoisotopic (exact) mass is 374 g/mol. The van der Waals surface area contributed by atoms with Crippen molar-refractivity contribution in [3.05, 3.63) is 67.1 Å². The number of hydrogen-bond acceptors (Lipinski definition) is 4. The number of aromatic nitrogens is 1. The van der Waals surface area contributed by atoms with Crippen LogP contribution in [0.2, 0.25) is 5.02 Å². The zero-order valence-corrected chi connectivity index (χ0v) is 12.8. The van der Waals surface area contributed by atoms with Gasteiger partial charge in [-0.05, 0) is 34.1 Å². The molecule has 0 saturated carbocycles. The lowest BCUT2D eigenvalue weighted by Gasteiger charge is -2.16. The molecule has 1 atom stereocenters. The zero-order valence-electron chi connectivity index (χ0n) is 10.5. The highest BCUT2D eigenvalue weighted by Gasteiger charge is 2.29. The number of benzene rings is 1. The second-order valence-corrected chi connectivity index (χ2v) is 5.39. The molecule has 0 spiro atoms. The first-order chi connectivity index (χ1) is 9.95. The van der Waals surface area contributed by atoms with Crippen molar-refractivity contribution in [2.24, 2.45) is 0 Å². The van der Waals surface area contributed by atoms with E-state index in [1.165, 1.54) is 30.3 Å². The Bertz CT molecular complexity index is 679. The standard InChI is InChI=1S/C13H9BrClFN2O3/c14-11-5-4-10(18(20)21)13(17-11)7(6-19)12-8(15)2-1-3-9(12)16/h1-5,7,19H,6H2. The van der Waals surface area contributed by atoms with Crippen LogP contribution in [0, 0.1) is 15.9 Å². The van der Waals surface area contributed by atoms with E-state index in [2.05, 4.69) is 20.9 Å². The highest BCUT2D eigenvalue weighted by atomic mass is 79.9. The van der Waals surface area contributed by atoms with Crippen molar-refractivity contribution in [3.8, 4) is 0 Å². The van der Waals surface area contributed by atoms with Crippen LogP contribution in [0.1, 0.15) is 17.2 Å². The van der Waals surface area contributed by atoms with Crippen molar-refractivity contribution in [2.75, 3.05) is 6.61 Å². The molecule has 1 aromatic heterocycles. The van der Waals surface area contributed by atoms with Gasteiger partial charge in [-0.3, -0.25) is 10.1 Å². The average Bonchev–Trinajstić information content (AvgIpc) is 2.42. The van der Waals surface area contributed by atoms with Crippen LogP contribution < -0.4 is 0 Å². The second kappa shape index (κ2) is 6.46. The van der Waals surface area contributed by atoms with Gasteiger partial charge in [-0.15, -0.1) is 0 Å². The van der Waals surface area contributed by atoms with Crippen molar-refractivity contribution in [1.29, 1.82) is 0 Å². The van der Waals surface area contributed by atoms with Crippen LogP contribution in [0.3, 0.4) is 0 Å². The van der Waals surface area contributed by atoms with Gasteiger partial charge < -0.3 is 5.11 Å². The van der Waals surface area contributed by atoms with E-state index in [1.54, 1.807) is 0 Å². The second-order valence-electron chi connectivity index (χ2n) is 4.17. The summed E-state index contributed by atoms with van der Waals surface area (Å²) in [6.07, 6.45) is 0. The molecule has 0 aliphatic rings. The van der Waals surface area contributed by atoms with Gasteiger partial charge in [0.05, 0.1) is 17.4 Å². The molecule has 1 aromatic carbocycles. The van der Waals surface area contributed by atoms with Gasteiger partial charge in [0.15, 0.2) is 0 Å². The van der Waals surface area contributed by atoms with Gasteiger partial charge in [0.2, 0.25) is 0 Å². The molecule has 2 aromatic rings.